The smallest absolute Gasteiger partial charge is 0.273 e. The van der Waals surface area contributed by atoms with Crippen LogP contribution >= 0.6 is 0 Å². The van der Waals surface area contributed by atoms with Crippen molar-refractivity contribution in [3.05, 3.63) is 101 Å². The summed E-state index contributed by atoms with van der Waals surface area (Å²) in [5, 5.41) is 6.35. The Labute approximate surface area is 159 Å². The highest BCUT2D eigenvalue weighted by Gasteiger charge is 2.15. The summed E-state index contributed by atoms with van der Waals surface area (Å²) in [6, 6.07) is 17.4. The lowest BCUT2D eigenvalue weighted by Gasteiger charge is -2.10. The van der Waals surface area contributed by atoms with Gasteiger partial charge in [-0.3, -0.25) is 9.59 Å². The number of hydrazone groups is 1. The van der Waals surface area contributed by atoms with Gasteiger partial charge in [0.1, 0.15) is 11.6 Å². The van der Waals surface area contributed by atoms with E-state index in [1.807, 2.05) is 0 Å². The summed E-state index contributed by atoms with van der Waals surface area (Å²) in [4.78, 5) is 24.7. The average Bonchev–Trinajstić information content (AvgIpc) is 2.70. The van der Waals surface area contributed by atoms with Crippen LogP contribution in [0.5, 0.6) is 0 Å². The number of benzene rings is 3. The van der Waals surface area contributed by atoms with E-state index in [1.165, 1.54) is 60.8 Å². The summed E-state index contributed by atoms with van der Waals surface area (Å²) >= 11 is 0. The number of carbonyl (C=O) groups is 2. The molecule has 0 spiro atoms. The highest BCUT2D eigenvalue weighted by Crippen LogP contribution is 2.17. The molecule has 0 unspecified atom stereocenters. The summed E-state index contributed by atoms with van der Waals surface area (Å²) in [5.41, 5.74) is 3.17. The van der Waals surface area contributed by atoms with Crippen LogP contribution in [0.2, 0.25) is 0 Å². The summed E-state index contributed by atoms with van der Waals surface area (Å²) in [5.74, 6) is -2.28. The molecule has 2 N–H and O–H groups in total. The molecule has 28 heavy (non-hydrogen) atoms. The minimum Gasteiger partial charge on any atom is -0.321 e. The third-order valence-corrected chi connectivity index (χ3v) is 3.79. The van der Waals surface area contributed by atoms with Crippen molar-refractivity contribution in [3.8, 4) is 0 Å². The van der Waals surface area contributed by atoms with Gasteiger partial charge in [-0.2, -0.15) is 5.10 Å². The standard InChI is InChI=1S/C21H15F2N3O2/c22-15-11-9-14(10-12-15)13-24-26-21(28)17-6-2-4-8-19(17)25-20(27)16-5-1-3-7-18(16)23/h1-13H,(H,25,27)(H,26,28)/b24-13+. The Morgan fingerprint density at radius 3 is 2.14 bits per heavy atom. The van der Waals surface area contributed by atoms with Crippen molar-refractivity contribution in [3.63, 3.8) is 0 Å². The predicted octanol–water partition coefficient (Wildman–Crippen LogP) is 3.98. The molecular formula is C21H15F2N3O2. The summed E-state index contributed by atoms with van der Waals surface area (Å²) in [6.45, 7) is 0. The van der Waals surface area contributed by atoms with Gasteiger partial charge in [0.2, 0.25) is 0 Å². The second-order valence-electron chi connectivity index (χ2n) is 5.73. The van der Waals surface area contributed by atoms with Crippen LogP contribution in [0.15, 0.2) is 77.9 Å². The van der Waals surface area contributed by atoms with Gasteiger partial charge in [-0.1, -0.05) is 36.4 Å². The fraction of sp³-hybridized carbons (Fsp3) is 0. The van der Waals surface area contributed by atoms with Gasteiger partial charge >= 0.3 is 0 Å². The molecule has 0 aliphatic rings. The zero-order chi connectivity index (χ0) is 19.9. The van der Waals surface area contributed by atoms with E-state index in [2.05, 4.69) is 15.8 Å². The molecular weight excluding hydrogens is 364 g/mol. The monoisotopic (exact) mass is 379 g/mol. The maximum absolute atomic E-state index is 13.8. The van der Waals surface area contributed by atoms with Crippen molar-refractivity contribution in [2.24, 2.45) is 5.10 Å². The van der Waals surface area contributed by atoms with Gasteiger partial charge in [0.15, 0.2) is 0 Å². The van der Waals surface area contributed by atoms with Crippen LogP contribution in [0.3, 0.4) is 0 Å². The Kier molecular flexibility index (Phi) is 5.86. The third-order valence-electron chi connectivity index (χ3n) is 3.79. The molecule has 0 bridgehead atoms. The summed E-state index contributed by atoms with van der Waals surface area (Å²) in [6.07, 6.45) is 1.36. The second kappa shape index (κ2) is 8.68. The average molecular weight is 379 g/mol. The normalized spacial score (nSPS) is 10.6. The van der Waals surface area contributed by atoms with Gasteiger partial charge in [0.25, 0.3) is 11.8 Å². The molecule has 7 heteroatoms. The first kappa shape index (κ1) is 18.9. The molecule has 0 aliphatic heterocycles. The lowest BCUT2D eigenvalue weighted by atomic mass is 10.1. The topological polar surface area (TPSA) is 70.6 Å². The molecule has 0 aliphatic carbocycles. The van der Waals surface area contributed by atoms with Crippen LogP contribution in [0, 0.1) is 11.6 Å². The Morgan fingerprint density at radius 2 is 1.43 bits per heavy atom. The molecule has 0 saturated heterocycles. The molecule has 0 heterocycles. The Morgan fingerprint density at radius 1 is 0.786 bits per heavy atom. The fourth-order valence-electron chi connectivity index (χ4n) is 2.40. The molecule has 0 radical (unpaired) electrons. The minimum absolute atomic E-state index is 0.132. The van der Waals surface area contributed by atoms with Crippen molar-refractivity contribution in [2.75, 3.05) is 5.32 Å². The lowest BCUT2D eigenvalue weighted by Crippen LogP contribution is -2.21. The number of halogens is 2. The molecule has 3 rings (SSSR count). The molecule has 5 nitrogen and oxygen atoms in total. The number of hydrogen-bond donors (Lipinski definition) is 2. The zero-order valence-corrected chi connectivity index (χ0v) is 14.5. The quantitative estimate of drug-likeness (QED) is 0.520. The lowest BCUT2D eigenvalue weighted by molar-refractivity contribution is 0.0956. The first-order valence-corrected chi connectivity index (χ1v) is 8.28. The van der Waals surface area contributed by atoms with Gasteiger partial charge in [-0.25, -0.2) is 14.2 Å². The van der Waals surface area contributed by atoms with Crippen molar-refractivity contribution >= 4 is 23.7 Å². The van der Waals surface area contributed by atoms with Crippen LogP contribution in [-0.2, 0) is 0 Å². The molecule has 140 valence electrons. The maximum atomic E-state index is 13.8. The summed E-state index contributed by atoms with van der Waals surface area (Å²) in [7, 11) is 0. The highest BCUT2D eigenvalue weighted by molar-refractivity contribution is 6.09. The van der Waals surface area contributed by atoms with Crippen molar-refractivity contribution < 1.29 is 18.4 Å². The molecule has 2 amide bonds. The van der Waals surface area contributed by atoms with E-state index in [4.69, 9.17) is 0 Å². The SMILES string of the molecule is O=C(Nc1ccccc1C(=O)N/N=C/c1ccc(F)cc1)c1ccccc1F. The number of nitrogens with zero attached hydrogens (tertiary/aromatic N) is 1. The van der Waals surface area contributed by atoms with Crippen LogP contribution in [-0.4, -0.2) is 18.0 Å². The van der Waals surface area contributed by atoms with E-state index in [0.717, 1.165) is 0 Å². The van der Waals surface area contributed by atoms with Crippen LogP contribution in [0.25, 0.3) is 0 Å². The number of nitrogens with one attached hydrogen (secondary N) is 2. The van der Waals surface area contributed by atoms with Gasteiger partial charge in [0.05, 0.1) is 23.0 Å². The largest absolute Gasteiger partial charge is 0.321 e. The predicted molar refractivity (Wildman–Crippen MR) is 102 cm³/mol. The van der Waals surface area contributed by atoms with Crippen LogP contribution < -0.4 is 10.7 Å². The van der Waals surface area contributed by atoms with Crippen LogP contribution in [0.1, 0.15) is 26.3 Å². The van der Waals surface area contributed by atoms with Gasteiger partial charge in [-0.05, 0) is 42.0 Å². The van der Waals surface area contributed by atoms with E-state index in [0.29, 0.717) is 5.56 Å². The first-order valence-electron chi connectivity index (χ1n) is 8.28. The van der Waals surface area contributed by atoms with Gasteiger partial charge in [-0.15, -0.1) is 0 Å². The Bertz CT molecular complexity index is 1030. The molecule has 0 atom stereocenters. The number of amides is 2. The number of rotatable bonds is 5. The number of anilines is 1. The first-order chi connectivity index (χ1) is 13.5. The highest BCUT2D eigenvalue weighted by atomic mass is 19.1. The summed E-state index contributed by atoms with van der Waals surface area (Å²) < 4.78 is 26.7. The maximum Gasteiger partial charge on any atom is 0.273 e. The Balaban J connectivity index is 1.72. The molecule has 0 saturated carbocycles. The van der Waals surface area contributed by atoms with Crippen LogP contribution in [0.4, 0.5) is 14.5 Å². The van der Waals surface area contributed by atoms with Gasteiger partial charge < -0.3 is 5.32 Å². The minimum atomic E-state index is -0.673. The van der Waals surface area contributed by atoms with Crippen molar-refractivity contribution in [1.82, 2.24) is 5.43 Å². The second-order valence-corrected chi connectivity index (χ2v) is 5.73. The van der Waals surface area contributed by atoms with E-state index in [-0.39, 0.29) is 22.6 Å². The number of hydrogen-bond acceptors (Lipinski definition) is 3. The third kappa shape index (κ3) is 4.64. The molecule has 3 aromatic carbocycles. The number of para-hydroxylation sites is 1. The van der Waals surface area contributed by atoms with E-state index >= 15 is 0 Å². The van der Waals surface area contributed by atoms with E-state index in [9.17, 15) is 18.4 Å². The van der Waals surface area contributed by atoms with E-state index in [1.54, 1.807) is 18.2 Å². The van der Waals surface area contributed by atoms with E-state index < -0.39 is 17.6 Å². The number of carbonyl (C=O) groups excluding carboxylic acids is 2. The Hall–Kier alpha value is -3.87. The molecule has 3 aromatic rings. The van der Waals surface area contributed by atoms with Crippen molar-refractivity contribution in [2.45, 2.75) is 0 Å². The fourth-order valence-corrected chi connectivity index (χ4v) is 2.40. The van der Waals surface area contributed by atoms with Gasteiger partial charge in [0, 0.05) is 0 Å². The molecule has 0 aromatic heterocycles. The molecule has 0 fully saturated rings. The van der Waals surface area contributed by atoms with Crippen molar-refractivity contribution in [1.29, 1.82) is 0 Å². The zero-order valence-electron chi connectivity index (χ0n) is 14.5.